The summed E-state index contributed by atoms with van der Waals surface area (Å²) in [6, 6.07) is 0.824. The molecule has 0 aliphatic carbocycles. The molecule has 0 atom stereocenters. The van der Waals surface area contributed by atoms with Crippen LogP contribution in [-0.4, -0.2) is 35.6 Å². The van der Waals surface area contributed by atoms with E-state index in [0.717, 1.165) is 0 Å². The first kappa shape index (κ1) is 14.8. The van der Waals surface area contributed by atoms with Crippen LogP contribution in [0.5, 0.6) is 0 Å². The summed E-state index contributed by atoms with van der Waals surface area (Å²) in [4.78, 5) is 0. The molecule has 0 bridgehead atoms. The van der Waals surface area contributed by atoms with Crippen molar-refractivity contribution in [2.45, 2.75) is 65.5 Å². The van der Waals surface area contributed by atoms with E-state index in [0.29, 0.717) is 12.6 Å². The molecule has 4 N–H and O–H groups in total. The SMILES string of the molecule is CC(C)NCC(O)(NC(C)C)NC(C)C. The molecule has 0 saturated heterocycles. The zero-order valence-corrected chi connectivity index (χ0v) is 10.9. The highest BCUT2D eigenvalue weighted by Gasteiger charge is 2.27. The van der Waals surface area contributed by atoms with Gasteiger partial charge in [-0.2, -0.15) is 0 Å². The lowest BCUT2D eigenvalue weighted by atomic mass is 10.2. The van der Waals surface area contributed by atoms with Crippen molar-refractivity contribution in [3.63, 3.8) is 0 Å². The highest BCUT2D eigenvalue weighted by atomic mass is 16.3. The lowest BCUT2D eigenvalue weighted by Crippen LogP contribution is -2.66. The number of hydrogen-bond donors (Lipinski definition) is 4. The molecule has 4 nitrogen and oxygen atoms in total. The van der Waals surface area contributed by atoms with Gasteiger partial charge in [-0.05, 0) is 27.7 Å². The summed E-state index contributed by atoms with van der Waals surface area (Å²) in [5, 5.41) is 19.8. The average Bonchev–Trinajstić information content (AvgIpc) is 1.97. The first-order valence-corrected chi connectivity index (χ1v) is 5.76. The van der Waals surface area contributed by atoms with Crippen molar-refractivity contribution >= 4 is 0 Å². The number of aliphatic hydroxyl groups is 1. The van der Waals surface area contributed by atoms with Crippen molar-refractivity contribution < 1.29 is 5.11 Å². The van der Waals surface area contributed by atoms with Gasteiger partial charge < -0.3 is 10.4 Å². The highest BCUT2D eigenvalue weighted by molar-refractivity contribution is 4.80. The summed E-state index contributed by atoms with van der Waals surface area (Å²) in [6.07, 6.45) is 0. The molecule has 0 aromatic heterocycles. The molecule has 0 aromatic carbocycles. The van der Waals surface area contributed by atoms with Crippen molar-refractivity contribution in [2.24, 2.45) is 0 Å². The molecule has 15 heavy (non-hydrogen) atoms. The quantitative estimate of drug-likeness (QED) is 0.472. The van der Waals surface area contributed by atoms with Crippen LogP contribution in [0.2, 0.25) is 0 Å². The third kappa shape index (κ3) is 7.73. The Bertz CT molecular complexity index is 159. The topological polar surface area (TPSA) is 56.3 Å². The molecule has 0 unspecified atom stereocenters. The minimum absolute atomic E-state index is 0.232. The number of nitrogens with one attached hydrogen (secondary N) is 3. The molecule has 0 fully saturated rings. The van der Waals surface area contributed by atoms with Crippen molar-refractivity contribution in [2.75, 3.05) is 6.54 Å². The highest BCUT2D eigenvalue weighted by Crippen LogP contribution is 1.99. The molecular weight excluding hydrogens is 190 g/mol. The Balaban J connectivity index is 4.26. The summed E-state index contributed by atoms with van der Waals surface area (Å²) in [5.74, 6) is -1.04. The number of rotatable bonds is 7. The fraction of sp³-hybridized carbons (Fsp3) is 1.00. The van der Waals surface area contributed by atoms with Crippen molar-refractivity contribution in [3.8, 4) is 0 Å². The zero-order chi connectivity index (χ0) is 12.1. The smallest absolute Gasteiger partial charge is 0.185 e. The predicted molar refractivity (Wildman–Crippen MR) is 64.6 cm³/mol. The maximum atomic E-state index is 10.3. The van der Waals surface area contributed by atoms with E-state index in [1.165, 1.54) is 0 Å². The molecule has 0 rings (SSSR count). The van der Waals surface area contributed by atoms with Gasteiger partial charge in [0.2, 0.25) is 0 Å². The van der Waals surface area contributed by atoms with Crippen LogP contribution in [0.4, 0.5) is 0 Å². The van der Waals surface area contributed by atoms with E-state index in [1.54, 1.807) is 0 Å². The summed E-state index contributed by atoms with van der Waals surface area (Å²) in [5.41, 5.74) is 0. The molecule has 0 aliphatic rings. The minimum Gasteiger partial charge on any atom is -0.362 e. The molecule has 92 valence electrons. The zero-order valence-electron chi connectivity index (χ0n) is 10.9. The number of hydrogen-bond acceptors (Lipinski definition) is 4. The Labute approximate surface area is 93.8 Å². The molecular formula is C11H27N3O. The van der Waals surface area contributed by atoms with Crippen molar-refractivity contribution in [3.05, 3.63) is 0 Å². The van der Waals surface area contributed by atoms with Gasteiger partial charge in [-0.3, -0.25) is 10.6 Å². The minimum atomic E-state index is -1.04. The van der Waals surface area contributed by atoms with E-state index in [9.17, 15) is 5.11 Å². The van der Waals surface area contributed by atoms with Crippen LogP contribution in [0.1, 0.15) is 41.5 Å². The van der Waals surface area contributed by atoms with Gasteiger partial charge in [0, 0.05) is 18.1 Å². The van der Waals surface area contributed by atoms with E-state index in [4.69, 9.17) is 0 Å². The third-order valence-electron chi connectivity index (χ3n) is 1.82. The summed E-state index contributed by atoms with van der Waals surface area (Å²) >= 11 is 0. The largest absolute Gasteiger partial charge is 0.362 e. The van der Waals surface area contributed by atoms with Gasteiger partial charge in [-0.1, -0.05) is 13.8 Å². The maximum Gasteiger partial charge on any atom is 0.185 e. The van der Waals surface area contributed by atoms with Gasteiger partial charge in [0.05, 0.1) is 6.54 Å². The van der Waals surface area contributed by atoms with Crippen LogP contribution in [-0.2, 0) is 0 Å². The molecule has 4 heteroatoms. The lowest BCUT2D eigenvalue weighted by molar-refractivity contribution is -0.0413. The first-order chi connectivity index (χ1) is 6.75. The summed E-state index contributed by atoms with van der Waals surface area (Å²) in [7, 11) is 0. The van der Waals surface area contributed by atoms with Gasteiger partial charge in [0.25, 0.3) is 0 Å². The fourth-order valence-corrected chi connectivity index (χ4v) is 1.45. The summed E-state index contributed by atoms with van der Waals surface area (Å²) < 4.78 is 0. The van der Waals surface area contributed by atoms with Gasteiger partial charge in [-0.25, -0.2) is 0 Å². The fourth-order valence-electron chi connectivity index (χ4n) is 1.45. The van der Waals surface area contributed by atoms with Crippen LogP contribution >= 0.6 is 0 Å². The molecule has 0 aliphatic heterocycles. The Morgan fingerprint density at radius 2 is 1.27 bits per heavy atom. The van der Waals surface area contributed by atoms with Gasteiger partial charge in [-0.15, -0.1) is 0 Å². The second-order valence-corrected chi connectivity index (χ2v) is 4.99. The molecule has 0 heterocycles. The normalized spacial score (nSPS) is 13.2. The summed E-state index contributed by atoms with van der Waals surface area (Å²) in [6.45, 7) is 12.7. The van der Waals surface area contributed by atoms with Crippen LogP contribution < -0.4 is 16.0 Å². The Kier molecular flexibility index (Phi) is 6.36. The van der Waals surface area contributed by atoms with Crippen LogP contribution in [0.3, 0.4) is 0 Å². The monoisotopic (exact) mass is 217 g/mol. The standard InChI is InChI=1S/C11H27N3O/c1-8(2)12-7-11(15,13-9(3)4)14-10(5)6/h8-10,12-15H,7H2,1-6H3. The maximum absolute atomic E-state index is 10.3. The van der Waals surface area contributed by atoms with E-state index >= 15 is 0 Å². The van der Waals surface area contributed by atoms with E-state index < -0.39 is 5.85 Å². The molecule has 0 spiro atoms. The first-order valence-electron chi connectivity index (χ1n) is 5.76. The predicted octanol–water partition coefficient (Wildman–Crippen LogP) is 0.626. The Morgan fingerprint density at radius 3 is 1.53 bits per heavy atom. The second-order valence-electron chi connectivity index (χ2n) is 4.99. The van der Waals surface area contributed by atoms with Crippen molar-refractivity contribution in [1.29, 1.82) is 0 Å². The molecule has 0 aromatic rings. The molecule has 0 amide bonds. The van der Waals surface area contributed by atoms with Gasteiger partial charge >= 0.3 is 0 Å². The van der Waals surface area contributed by atoms with Gasteiger partial charge in [0.15, 0.2) is 5.85 Å². The van der Waals surface area contributed by atoms with Crippen LogP contribution in [0, 0.1) is 0 Å². The van der Waals surface area contributed by atoms with E-state index in [1.807, 2.05) is 27.7 Å². The lowest BCUT2D eigenvalue weighted by Gasteiger charge is -2.35. The third-order valence-corrected chi connectivity index (χ3v) is 1.82. The van der Waals surface area contributed by atoms with Crippen LogP contribution in [0.15, 0.2) is 0 Å². The average molecular weight is 217 g/mol. The Hall–Kier alpha value is -0.160. The molecule has 0 saturated carbocycles. The van der Waals surface area contributed by atoms with E-state index in [2.05, 4.69) is 29.8 Å². The van der Waals surface area contributed by atoms with Gasteiger partial charge in [0.1, 0.15) is 0 Å². The Morgan fingerprint density at radius 1 is 0.867 bits per heavy atom. The van der Waals surface area contributed by atoms with Crippen molar-refractivity contribution in [1.82, 2.24) is 16.0 Å². The second kappa shape index (κ2) is 6.43. The van der Waals surface area contributed by atoms with Crippen LogP contribution in [0.25, 0.3) is 0 Å². The van der Waals surface area contributed by atoms with E-state index in [-0.39, 0.29) is 12.1 Å². The molecule has 0 radical (unpaired) electrons.